The summed E-state index contributed by atoms with van der Waals surface area (Å²) in [6.45, 7) is 0. The van der Waals surface area contributed by atoms with Crippen molar-refractivity contribution in [1.82, 2.24) is 9.78 Å². The van der Waals surface area contributed by atoms with Crippen LogP contribution in [0.2, 0.25) is 0 Å². The van der Waals surface area contributed by atoms with E-state index < -0.39 is 9.84 Å². The monoisotopic (exact) mass is 328 g/mol. The Hall–Kier alpha value is -2.60. The number of hydrogen-bond acceptors (Lipinski definition) is 4. The zero-order valence-electron chi connectivity index (χ0n) is 12.8. The standard InChI is InChI=1S/C17H16N2O3S/c1-22-14-6-9-16(17(12-14)19-11-3-10-18-19)13-4-7-15(8-5-13)23(2,20)21/h3-12H,1-2H3. The molecular weight excluding hydrogens is 312 g/mol. The van der Waals surface area contributed by atoms with E-state index in [-0.39, 0.29) is 0 Å². The Morgan fingerprint density at radius 2 is 1.83 bits per heavy atom. The maximum Gasteiger partial charge on any atom is 0.175 e. The van der Waals surface area contributed by atoms with Gasteiger partial charge >= 0.3 is 0 Å². The van der Waals surface area contributed by atoms with Crippen LogP contribution in [-0.4, -0.2) is 31.6 Å². The molecule has 3 aromatic rings. The van der Waals surface area contributed by atoms with Gasteiger partial charge in [-0.25, -0.2) is 13.1 Å². The van der Waals surface area contributed by atoms with E-state index in [0.29, 0.717) is 4.90 Å². The Balaban J connectivity index is 2.13. The van der Waals surface area contributed by atoms with Crippen molar-refractivity contribution in [2.24, 2.45) is 0 Å². The second-order valence-corrected chi connectivity index (χ2v) is 7.15. The first-order valence-corrected chi connectivity index (χ1v) is 8.87. The second-order valence-electron chi connectivity index (χ2n) is 5.13. The molecule has 1 aromatic heterocycles. The van der Waals surface area contributed by atoms with Crippen molar-refractivity contribution >= 4 is 9.84 Å². The summed E-state index contributed by atoms with van der Waals surface area (Å²) in [6.07, 6.45) is 4.75. The molecule has 0 spiro atoms. The molecule has 2 aromatic carbocycles. The van der Waals surface area contributed by atoms with E-state index in [1.54, 1.807) is 42.3 Å². The van der Waals surface area contributed by atoms with E-state index in [9.17, 15) is 8.42 Å². The summed E-state index contributed by atoms with van der Waals surface area (Å²) in [4.78, 5) is 0.301. The summed E-state index contributed by atoms with van der Waals surface area (Å²) < 4.78 is 30.2. The summed E-state index contributed by atoms with van der Waals surface area (Å²) in [5, 5.41) is 4.27. The SMILES string of the molecule is COc1ccc(-c2ccc(S(C)(=O)=O)cc2)c(-n2cccn2)c1. The predicted octanol–water partition coefficient (Wildman–Crippen LogP) is 2.95. The van der Waals surface area contributed by atoms with Crippen molar-refractivity contribution < 1.29 is 13.2 Å². The van der Waals surface area contributed by atoms with Gasteiger partial charge < -0.3 is 4.74 Å². The van der Waals surface area contributed by atoms with Crippen molar-refractivity contribution in [1.29, 1.82) is 0 Å². The topological polar surface area (TPSA) is 61.2 Å². The lowest BCUT2D eigenvalue weighted by Crippen LogP contribution is -1.99. The number of aromatic nitrogens is 2. The third kappa shape index (κ3) is 3.12. The van der Waals surface area contributed by atoms with Gasteiger partial charge in [-0.15, -0.1) is 0 Å². The summed E-state index contributed by atoms with van der Waals surface area (Å²) >= 11 is 0. The minimum Gasteiger partial charge on any atom is -0.497 e. The molecule has 0 fully saturated rings. The Morgan fingerprint density at radius 3 is 2.39 bits per heavy atom. The van der Waals surface area contributed by atoms with Crippen LogP contribution in [0.1, 0.15) is 0 Å². The molecule has 1 heterocycles. The quantitative estimate of drug-likeness (QED) is 0.739. The molecule has 0 N–H and O–H groups in total. The summed E-state index contributed by atoms with van der Waals surface area (Å²) in [6, 6.07) is 14.4. The lowest BCUT2D eigenvalue weighted by atomic mass is 10.0. The van der Waals surface area contributed by atoms with Gasteiger partial charge in [0.15, 0.2) is 9.84 Å². The normalized spacial score (nSPS) is 11.4. The molecule has 6 heteroatoms. The van der Waals surface area contributed by atoms with E-state index in [0.717, 1.165) is 22.6 Å². The van der Waals surface area contributed by atoms with Gasteiger partial charge in [0.05, 0.1) is 17.7 Å². The van der Waals surface area contributed by atoms with Crippen LogP contribution in [0.15, 0.2) is 65.8 Å². The molecule has 118 valence electrons. The zero-order chi connectivity index (χ0) is 16.4. The first kappa shape index (κ1) is 15.3. The van der Waals surface area contributed by atoms with Gasteiger partial charge in [-0.3, -0.25) is 0 Å². The van der Waals surface area contributed by atoms with Crippen molar-refractivity contribution in [3.05, 3.63) is 60.9 Å². The summed E-state index contributed by atoms with van der Waals surface area (Å²) in [7, 11) is -1.59. The largest absolute Gasteiger partial charge is 0.497 e. The van der Waals surface area contributed by atoms with Crippen LogP contribution in [0.3, 0.4) is 0 Å². The molecule has 0 aliphatic rings. The first-order valence-electron chi connectivity index (χ1n) is 6.97. The van der Waals surface area contributed by atoms with Gasteiger partial charge in [0, 0.05) is 30.3 Å². The van der Waals surface area contributed by atoms with Gasteiger partial charge in [0.2, 0.25) is 0 Å². The average molecular weight is 328 g/mol. The fraction of sp³-hybridized carbons (Fsp3) is 0.118. The van der Waals surface area contributed by atoms with E-state index >= 15 is 0 Å². The number of benzene rings is 2. The molecule has 0 amide bonds. The molecule has 3 rings (SSSR count). The fourth-order valence-electron chi connectivity index (χ4n) is 2.37. The van der Waals surface area contributed by atoms with E-state index in [2.05, 4.69) is 5.10 Å². The Bertz CT molecular complexity index is 915. The minimum absolute atomic E-state index is 0.301. The Kier molecular flexibility index (Phi) is 3.92. The third-order valence-corrected chi connectivity index (χ3v) is 4.68. The average Bonchev–Trinajstić information content (AvgIpc) is 3.08. The first-order chi connectivity index (χ1) is 11.0. The van der Waals surface area contributed by atoms with E-state index in [4.69, 9.17) is 4.74 Å². The highest BCUT2D eigenvalue weighted by Crippen LogP contribution is 2.30. The van der Waals surface area contributed by atoms with Gasteiger partial charge in [0.1, 0.15) is 5.75 Å². The number of rotatable bonds is 4. The Labute approximate surface area is 135 Å². The number of ether oxygens (including phenoxy) is 1. The molecule has 0 aliphatic heterocycles. The molecule has 0 radical (unpaired) electrons. The summed E-state index contributed by atoms with van der Waals surface area (Å²) in [5.74, 6) is 0.729. The van der Waals surface area contributed by atoms with E-state index in [1.165, 1.54) is 6.26 Å². The molecular formula is C17H16N2O3S. The van der Waals surface area contributed by atoms with Gasteiger partial charge in [0.25, 0.3) is 0 Å². The molecule has 0 aliphatic carbocycles. The highest BCUT2D eigenvalue weighted by Gasteiger charge is 2.11. The number of hydrogen-bond donors (Lipinski definition) is 0. The van der Waals surface area contributed by atoms with Crippen molar-refractivity contribution in [3.8, 4) is 22.6 Å². The maximum atomic E-state index is 11.6. The maximum absolute atomic E-state index is 11.6. The summed E-state index contributed by atoms with van der Waals surface area (Å²) in [5.41, 5.74) is 2.71. The van der Waals surface area contributed by atoms with Crippen molar-refractivity contribution in [3.63, 3.8) is 0 Å². The van der Waals surface area contributed by atoms with Crippen LogP contribution in [0.4, 0.5) is 0 Å². The molecule has 0 atom stereocenters. The lowest BCUT2D eigenvalue weighted by Gasteiger charge is -2.12. The Morgan fingerprint density at radius 1 is 1.09 bits per heavy atom. The van der Waals surface area contributed by atoms with E-state index in [1.807, 2.05) is 30.5 Å². The number of nitrogens with zero attached hydrogens (tertiary/aromatic N) is 2. The molecule has 23 heavy (non-hydrogen) atoms. The number of sulfone groups is 1. The van der Waals surface area contributed by atoms with Crippen LogP contribution in [0.25, 0.3) is 16.8 Å². The van der Waals surface area contributed by atoms with Crippen molar-refractivity contribution in [2.45, 2.75) is 4.90 Å². The van der Waals surface area contributed by atoms with Gasteiger partial charge in [-0.05, 0) is 35.9 Å². The van der Waals surface area contributed by atoms with Crippen molar-refractivity contribution in [2.75, 3.05) is 13.4 Å². The second kappa shape index (κ2) is 5.89. The van der Waals surface area contributed by atoms with Crippen LogP contribution >= 0.6 is 0 Å². The highest BCUT2D eigenvalue weighted by atomic mass is 32.2. The third-order valence-electron chi connectivity index (χ3n) is 3.55. The molecule has 5 nitrogen and oxygen atoms in total. The van der Waals surface area contributed by atoms with Crippen LogP contribution in [0.5, 0.6) is 5.75 Å². The smallest absolute Gasteiger partial charge is 0.175 e. The predicted molar refractivity (Wildman–Crippen MR) is 88.7 cm³/mol. The molecule has 0 saturated carbocycles. The zero-order valence-corrected chi connectivity index (χ0v) is 13.6. The highest BCUT2D eigenvalue weighted by molar-refractivity contribution is 7.90. The van der Waals surface area contributed by atoms with Gasteiger partial charge in [-0.2, -0.15) is 5.10 Å². The van der Waals surface area contributed by atoms with Gasteiger partial charge in [-0.1, -0.05) is 12.1 Å². The fourth-order valence-corrected chi connectivity index (χ4v) is 3.00. The van der Waals surface area contributed by atoms with Crippen LogP contribution in [0, 0.1) is 0 Å². The lowest BCUT2D eigenvalue weighted by molar-refractivity contribution is 0.414. The van der Waals surface area contributed by atoms with Crippen LogP contribution < -0.4 is 4.74 Å². The van der Waals surface area contributed by atoms with Crippen LogP contribution in [-0.2, 0) is 9.84 Å². The molecule has 0 unspecified atom stereocenters. The number of methoxy groups -OCH3 is 1. The molecule has 0 saturated heterocycles. The minimum atomic E-state index is -3.20. The molecule has 0 bridgehead atoms.